The van der Waals surface area contributed by atoms with E-state index in [2.05, 4.69) is 0 Å². The largest absolute Gasteiger partial charge is 0.496 e. The summed E-state index contributed by atoms with van der Waals surface area (Å²) in [6.07, 6.45) is 0. The first kappa shape index (κ1) is 23.6. The maximum Gasteiger partial charge on any atom is 0.262 e. The Balaban J connectivity index is 1.57. The van der Waals surface area contributed by atoms with Crippen LogP contribution in [0.1, 0.15) is 16.7 Å². The van der Waals surface area contributed by atoms with E-state index in [-0.39, 0.29) is 17.2 Å². The van der Waals surface area contributed by atoms with Gasteiger partial charge >= 0.3 is 0 Å². The van der Waals surface area contributed by atoms with Gasteiger partial charge in [0, 0.05) is 19.2 Å². The summed E-state index contributed by atoms with van der Waals surface area (Å²) in [6.45, 7) is 2.86. The lowest BCUT2D eigenvalue weighted by atomic mass is 10.1. The van der Waals surface area contributed by atoms with Gasteiger partial charge in [-0.1, -0.05) is 71.9 Å². The highest BCUT2D eigenvalue weighted by atomic mass is 32.2. The van der Waals surface area contributed by atoms with Crippen molar-refractivity contribution in [2.45, 2.75) is 25.2 Å². The standard InChI is InChI=1S/C27H27N3O3S/c1-19-12-14-20(15-13-19)16-30-26(32)22-9-5-6-10-23(22)28-27(30)34-18-25(31)29(2)17-21-8-4-7-11-24(21)33-3/h4-15H,16-18H2,1-3H3. The van der Waals surface area contributed by atoms with E-state index < -0.39 is 0 Å². The molecule has 0 atom stereocenters. The molecule has 34 heavy (non-hydrogen) atoms. The summed E-state index contributed by atoms with van der Waals surface area (Å²) >= 11 is 1.28. The summed E-state index contributed by atoms with van der Waals surface area (Å²) < 4.78 is 7.06. The number of benzene rings is 3. The molecule has 4 aromatic rings. The number of carbonyl (C=O) groups excluding carboxylic acids is 1. The minimum atomic E-state index is -0.108. The van der Waals surface area contributed by atoms with Crippen LogP contribution in [0.2, 0.25) is 0 Å². The minimum absolute atomic E-state index is 0.0554. The van der Waals surface area contributed by atoms with E-state index in [1.54, 1.807) is 29.7 Å². The lowest BCUT2D eigenvalue weighted by Crippen LogP contribution is -2.29. The van der Waals surface area contributed by atoms with Crippen LogP contribution < -0.4 is 10.3 Å². The van der Waals surface area contributed by atoms with E-state index in [1.165, 1.54) is 11.8 Å². The zero-order valence-electron chi connectivity index (χ0n) is 19.5. The highest BCUT2D eigenvalue weighted by Gasteiger charge is 2.16. The molecule has 0 fully saturated rings. The molecule has 6 nitrogen and oxygen atoms in total. The predicted octanol–water partition coefficient (Wildman–Crippen LogP) is 4.51. The Bertz CT molecular complexity index is 1370. The van der Waals surface area contributed by atoms with Crippen molar-refractivity contribution in [2.24, 2.45) is 0 Å². The molecule has 0 bridgehead atoms. The van der Waals surface area contributed by atoms with E-state index in [0.29, 0.717) is 29.1 Å². The fourth-order valence-electron chi connectivity index (χ4n) is 3.69. The van der Waals surface area contributed by atoms with Gasteiger partial charge in [-0.2, -0.15) is 0 Å². The van der Waals surface area contributed by atoms with Crippen LogP contribution in [0.3, 0.4) is 0 Å². The Kier molecular flexibility index (Phi) is 7.33. The topological polar surface area (TPSA) is 64.4 Å². The van der Waals surface area contributed by atoms with Gasteiger partial charge in [-0.3, -0.25) is 14.2 Å². The molecule has 0 aliphatic carbocycles. The van der Waals surface area contributed by atoms with Crippen molar-refractivity contribution in [1.29, 1.82) is 0 Å². The van der Waals surface area contributed by atoms with Crippen LogP contribution in [-0.2, 0) is 17.9 Å². The number of para-hydroxylation sites is 2. The number of rotatable bonds is 8. The predicted molar refractivity (Wildman–Crippen MR) is 136 cm³/mol. The lowest BCUT2D eigenvalue weighted by Gasteiger charge is -2.19. The zero-order chi connectivity index (χ0) is 24.1. The van der Waals surface area contributed by atoms with E-state index >= 15 is 0 Å². The van der Waals surface area contributed by atoms with Crippen LogP contribution in [-0.4, -0.2) is 40.3 Å². The van der Waals surface area contributed by atoms with E-state index in [4.69, 9.17) is 9.72 Å². The van der Waals surface area contributed by atoms with Crippen LogP contribution in [0, 0.1) is 6.92 Å². The van der Waals surface area contributed by atoms with Crippen LogP contribution in [0.25, 0.3) is 10.9 Å². The number of methoxy groups -OCH3 is 1. The molecule has 3 aromatic carbocycles. The van der Waals surface area contributed by atoms with Crippen LogP contribution >= 0.6 is 11.8 Å². The lowest BCUT2D eigenvalue weighted by molar-refractivity contribution is -0.127. The Morgan fingerprint density at radius 1 is 1.03 bits per heavy atom. The molecule has 7 heteroatoms. The van der Waals surface area contributed by atoms with Gasteiger partial charge in [0.05, 0.1) is 30.3 Å². The summed E-state index contributed by atoms with van der Waals surface area (Å²) in [5.41, 5.74) is 3.62. The van der Waals surface area contributed by atoms with Gasteiger partial charge in [0.15, 0.2) is 5.16 Å². The number of hydrogen-bond donors (Lipinski definition) is 0. The molecular formula is C27H27N3O3S. The fourth-order valence-corrected chi connectivity index (χ4v) is 4.63. The normalized spacial score (nSPS) is 10.9. The smallest absolute Gasteiger partial charge is 0.262 e. The highest BCUT2D eigenvalue weighted by molar-refractivity contribution is 7.99. The monoisotopic (exact) mass is 473 g/mol. The number of nitrogens with zero attached hydrogens (tertiary/aromatic N) is 3. The van der Waals surface area contributed by atoms with Crippen molar-refractivity contribution >= 4 is 28.6 Å². The second-order valence-electron chi connectivity index (χ2n) is 8.14. The molecule has 1 aromatic heterocycles. The van der Waals surface area contributed by atoms with Crippen molar-refractivity contribution in [3.05, 3.63) is 99.8 Å². The van der Waals surface area contributed by atoms with Crippen molar-refractivity contribution in [3.8, 4) is 5.75 Å². The quantitative estimate of drug-likeness (QED) is 0.278. The number of thioether (sulfide) groups is 1. The van der Waals surface area contributed by atoms with Crippen molar-refractivity contribution in [3.63, 3.8) is 0 Å². The number of carbonyl (C=O) groups is 1. The van der Waals surface area contributed by atoms with Crippen LogP contribution in [0.15, 0.2) is 82.7 Å². The molecule has 0 saturated carbocycles. The van der Waals surface area contributed by atoms with E-state index in [0.717, 1.165) is 22.4 Å². The Morgan fingerprint density at radius 3 is 2.50 bits per heavy atom. The first-order valence-electron chi connectivity index (χ1n) is 11.0. The maximum atomic E-state index is 13.3. The summed E-state index contributed by atoms with van der Waals surface area (Å²) in [5.74, 6) is 0.864. The van der Waals surface area contributed by atoms with E-state index in [1.807, 2.05) is 73.7 Å². The summed E-state index contributed by atoms with van der Waals surface area (Å²) in [7, 11) is 3.39. The first-order valence-corrected chi connectivity index (χ1v) is 12.0. The fraction of sp³-hybridized carbons (Fsp3) is 0.222. The van der Waals surface area contributed by atoms with Crippen molar-refractivity contribution in [2.75, 3.05) is 19.9 Å². The average molecular weight is 474 g/mol. The number of aryl methyl sites for hydroxylation is 1. The molecule has 0 spiro atoms. The molecule has 1 amide bonds. The Labute approximate surface area is 203 Å². The molecule has 0 aliphatic rings. The third-order valence-electron chi connectivity index (χ3n) is 5.64. The summed E-state index contributed by atoms with van der Waals surface area (Å²) in [5, 5.41) is 1.10. The second kappa shape index (κ2) is 10.6. The summed E-state index contributed by atoms with van der Waals surface area (Å²) in [6, 6.07) is 23.0. The molecule has 0 N–H and O–H groups in total. The van der Waals surface area contributed by atoms with Gasteiger partial charge in [0.2, 0.25) is 5.91 Å². The number of fused-ring (bicyclic) bond motifs is 1. The SMILES string of the molecule is COc1ccccc1CN(C)C(=O)CSc1nc2ccccc2c(=O)n1Cc1ccc(C)cc1. The Hall–Kier alpha value is -3.58. The molecule has 0 saturated heterocycles. The van der Waals surface area contributed by atoms with Gasteiger partial charge < -0.3 is 9.64 Å². The van der Waals surface area contributed by atoms with Gasteiger partial charge in [0.1, 0.15) is 5.75 Å². The maximum absolute atomic E-state index is 13.3. The molecule has 1 heterocycles. The molecule has 0 unspecified atom stereocenters. The van der Waals surface area contributed by atoms with Gasteiger partial charge in [-0.25, -0.2) is 4.98 Å². The molecule has 4 rings (SSSR count). The van der Waals surface area contributed by atoms with E-state index in [9.17, 15) is 9.59 Å². The van der Waals surface area contributed by atoms with Gasteiger partial charge in [-0.15, -0.1) is 0 Å². The third kappa shape index (κ3) is 5.31. The molecule has 0 radical (unpaired) electrons. The highest BCUT2D eigenvalue weighted by Crippen LogP contribution is 2.22. The van der Waals surface area contributed by atoms with Crippen LogP contribution in [0.5, 0.6) is 5.75 Å². The number of amides is 1. The molecule has 0 aliphatic heterocycles. The number of ether oxygens (including phenoxy) is 1. The number of aromatic nitrogens is 2. The molecule has 174 valence electrons. The third-order valence-corrected chi connectivity index (χ3v) is 6.60. The van der Waals surface area contributed by atoms with Crippen molar-refractivity contribution in [1.82, 2.24) is 14.5 Å². The van der Waals surface area contributed by atoms with Crippen molar-refractivity contribution < 1.29 is 9.53 Å². The van der Waals surface area contributed by atoms with Gasteiger partial charge in [0.25, 0.3) is 5.56 Å². The van der Waals surface area contributed by atoms with Crippen LogP contribution in [0.4, 0.5) is 0 Å². The molecular weight excluding hydrogens is 446 g/mol. The summed E-state index contributed by atoms with van der Waals surface area (Å²) in [4.78, 5) is 32.6. The minimum Gasteiger partial charge on any atom is -0.496 e. The average Bonchev–Trinajstić information content (AvgIpc) is 2.86. The zero-order valence-corrected chi connectivity index (χ0v) is 20.3. The second-order valence-corrected chi connectivity index (χ2v) is 9.08. The van der Waals surface area contributed by atoms with Gasteiger partial charge in [-0.05, 0) is 30.7 Å². The first-order chi connectivity index (χ1) is 16.5. The number of hydrogen-bond acceptors (Lipinski definition) is 5. The Morgan fingerprint density at radius 2 is 1.74 bits per heavy atom.